The maximum atomic E-state index is 11.4. The van der Waals surface area contributed by atoms with Gasteiger partial charge in [0, 0.05) is 17.5 Å². The van der Waals surface area contributed by atoms with Crippen LogP contribution in [0.2, 0.25) is 0 Å². The molecule has 0 saturated carbocycles. The van der Waals surface area contributed by atoms with Crippen LogP contribution in [0.5, 0.6) is 5.75 Å². The van der Waals surface area contributed by atoms with E-state index in [9.17, 15) is 14.7 Å². The quantitative estimate of drug-likeness (QED) is 0.704. The standard InChI is InChI=1S/C13H13NO5/c14-10(13(17)18)4-1-7-5-12(16)19-11-6-8(15)2-3-9(7)11/h2-3,5-6,10,15H,1,4,14H2,(H,17,18)/t10-/m1/s1. The lowest BCUT2D eigenvalue weighted by molar-refractivity contribution is -0.138. The van der Waals surface area contributed by atoms with Crippen LogP contribution >= 0.6 is 0 Å². The zero-order valence-electron chi connectivity index (χ0n) is 10.00. The minimum absolute atomic E-state index is 0.00460. The second-order valence-electron chi connectivity index (χ2n) is 4.25. The van der Waals surface area contributed by atoms with E-state index in [1.54, 1.807) is 6.07 Å². The van der Waals surface area contributed by atoms with Gasteiger partial charge in [-0.25, -0.2) is 4.79 Å². The smallest absolute Gasteiger partial charge is 0.336 e. The first-order chi connectivity index (χ1) is 8.97. The number of phenolic OH excluding ortho intramolecular Hbond substituents is 1. The zero-order valence-corrected chi connectivity index (χ0v) is 10.00. The van der Waals surface area contributed by atoms with Crippen molar-refractivity contribution in [1.82, 2.24) is 0 Å². The van der Waals surface area contributed by atoms with Gasteiger partial charge in [-0.05, 0) is 30.5 Å². The summed E-state index contributed by atoms with van der Waals surface area (Å²) in [4.78, 5) is 22.1. The van der Waals surface area contributed by atoms with E-state index in [1.807, 2.05) is 0 Å². The number of carbonyl (C=O) groups is 1. The van der Waals surface area contributed by atoms with E-state index >= 15 is 0 Å². The largest absolute Gasteiger partial charge is 0.508 e. The number of carboxylic acids is 1. The van der Waals surface area contributed by atoms with Crippen LogP contribution in [0.4, 0.5) is 0 Å². The molecule has 1 atom stereocenters. The number of nitrogens with two attached hydrogens (primary N) is 1. The molecule has 0 fully saturated rings. The molecule has 1 aromatic heterocycles. The van der Waals surface area contributed by atoms with Crippen LogP contribution in [-0.2, 0) is 11.2 Å². The molecule has 1 heterocycles. The lowest BCUT2D eigenvalue weighted by Crippen LogP contribution is -2.30. The molecule has 0 aliphatic carbocycles. The third-order valence-corrected chi connectivity index (χ3v) is 2.86. The number of aryl methyl sites for hydroxylation is 1. The van der Waals surface area contributed by atoms with Gasteiger partial charge in [-0.15, -0.1) is 0 Å². The number of hydrogen-bond acceptors (Lipinski definition) is 5. The van der Waals surface area contributed by atoms with E-state index in [1.165, 1.54) is 18.2 Å². The van der Waals surface area contributed by atoms with Crippen molar-refractivity contribution in [2.75, 3.05) is 0 Å². The zero-order chi connectivity index (χ0) is 14.0. The van der Waals surface area contributed by atoms with Gasteiger partial charge in [-0.1, -0.05) is 0 Å². The van der Waals surface area contributed by atoms with Crippen LogP contribution < -0.4 is 11.4 Å². The maximum absolute atomic E-state index is 11.4. The third kappa shape index (κ3) is 2.92. The highest BCUT2D eigenvalue weighted by molar-refractivity contribution is 5.81. The van der Waals surface area contributed by atoms with Gasteiger partial charge in [-0.2, -0.15) is 0 Å². The average Bonchev–Trinajstić information content (AvgIpc) is 2.34. The Balaban J connectivity index is 2.37. The summed E-state index contributed by atoms with van der Waals surface area (Å²) in [6, 6.07) is 4.78. The summed E-state index contributed by atoms with van der Waals surface area (Å²) in [7, 11) is 0. The fraction of sp³-hybridized carbons (Fsp3) is 0.231. The molecule has 0 spiro atoms. The molecule has 1 aromatic carbocycles. The van der Waals surface area contributed by atoms with Crippen molar-refractivity contribution in [2.45, 2.75) is 18.9 Å². The molecule has 0 unspecified atom stereocenters. The fourth-order valence-electron chi connectivity index (χ4n) is 1.86. The SMILES string of the molecule is N[C@H](CCc1cc(=O)oc2cc(O)ccc12)C(=O)O. The van der Waals surface area contributed by atoms with Crippen LogP contribution in [0, 0.1) is 0 Å². The van der Waals surface area contributed by atoms with E-state index in [4.69, 9.17) is 15.3 Å². The van der Waals surface area contributed by atoms with Crippen molar-refractivity contribution in [2.24, 2.45) is 5.73 Å². The number of hydrogen-bond donors (Lipinski definition) is 3. The Morgan fingerprint density at radius 2 is 2.11 bits per heavy atom. The average molecular weight is 263 g/mol. The Labute approximate surface area is 108 Å². The van der Waals surface area contributed by atoms with Crippen molar-refractivity contribution in [3.8, 4) is 5.75 Å². The normalized spacial score (nSPS) is 12.5. The van der Waals surface area contributed by atoms with Crippen LogP contribution in [-0.4, -0.2) is 22.2 Å². The van der Waals surface area contributed by atoms with E-state index in [0.717, 1.165) is 0 Å². The molecular weight excluding hydrogens is 250 g/mol. The maximum Gasteiger partial charge on any atom is 0.336 e. The molecule has 0 aliphatic heterocycles. The number of fused-ring (bicyclic) bond motifs is 1. The predicted molar refractivity (Wildman–Crippen MR) is 68.1 cm³/mol. The van der Waals surface area contributed by atoms with Gasteiger partial charge >= 0.3 is 11.6 Å². The molecular formula is C13H13NO5. The monoisotopic (exact) mass is 263 g/mol. The van der Waals surface area contributed by atoms with Crippen molar-refractivity contribution in [3.63, 3.8) is 0 Å². The molecule has 100 valence electrons. The Hall–Kier alpha value is -2.34. The summed E-state index contributed by atoms with van der Waals surface area (Å²) in [6.07, 6.45) is 0.565. The number of carboxylic acid groups (broad SMARTS) is 1. The Kier molecular flexibility index (Phi) is 3.52. The molecule has 6 heteroatoms. The third-order valence-electron chi connectivity index (χ3n) is 2.86. The predicted octanol–water partition coefficient (Wildman–Crippen LogP) is 0.843. The molecule has 2 rings (SSSR count). The molecule has 0 aliphatic rings. The van der Waals surface area contributed by atoms with Crippen LogP contribution in [0.3, 0.4) is 0 Å². The fourth-order valence-corrected chi connectivity index (χ4v) is 1.86. The summed E-state index contributed by atoms with van der Waals surface area (Å²) >= 11 is 0. The van der Waals surface area contributed by atoms with Crippen molar-refractivity contribution >= 4 is 16.9 Å². The summed E-state index contributed by atoms with van der Waals surface area (Å²) in [5, 5.41) is 18.7. The molecule has 2 aromatic rings. The Morgan fingerprint density at radius 3 is 2.79 bits per heavy atom. The Morgan fingerprint density at radius 1 is 1.37 bits per heavy atom. The number of aliphatic carboxylic acids is 1. The number of rotatable bonds is 4. The molecule has 19 heavy (non-hydrogen) atoms. The molecule has 0 amide bonds. The van der Waals surface area contributed by atoms with Crippen LogP contribution in [0.1, 0.15) is 12.0 Å². The van der Waals surface area contributed by atoms with Gasteiger partial charge in [0.05, 0.1) is 0 Å². The van der Waals surface area contributed by atoms with Crippen molar-refractivity contribution in [3.05, 3.63) is 40.2 Å². The van der Waals surface area contributed by atoms with Crippen molar-refractivity contribution in [1.29, 1.82) is 0 Å². The highest BCUT2D eigenvalue weighted by Gasteiger charge is 2.13. The number of phenols is 1. The van der Waals surface area contributed by atoms with Gasteiger partial charge < -0.3 is 20.4 Å². The molecule has 0 saturated heterocycles. The summed E-state index contributed by atoms with van der Waals surface area (Å²) in [6.45, 7) is 0. The van der Waals surface area contributed by atoms with E-state index < -0.39 is 17.6 Å². The van der Waals surface area contributed by atoms with Crippen LogP contribution in [0.15, 0.2) is 33.5 Å². The number of benzene rings is 1. The lowest BCUT2D eigenvalue weighted by atomic mass is 10.0. The Bertz CT molecular complexity index is 676. The second-order valence-corrected chi connectivity index (χ2v) is 4.25. The summed E-state index contributed by atoms with van der Waals surface area (Å²) in [5.41, 5.74) is 5.81. The molecule has 4 N–H and O–H groups in total. The summed E-state index contributed by atoms with van der Waals surface area (Å²) < 4.78 is 4.97. The molecule has 0 radical (unpaired) electrons. The molecule has 6 nitrogen and oxygen atoms in total. The first kappa shape index (κ1) is 13.1. The van der Waals surface area contributed by atoms with E-state index in [0.29, 0.717) is 17.4 Å². The van der Waals surface area contributed by atoms with Gasteiger partial charge in [-0.3, -0.25) is 4.79 Å². The van der Waals surface area contributed by atoms with Crippen molar-refractivity contribution < 1.29 is 19.4 Å². The number of aromatic hydroxyl groups is 1. The van der Waals surface area contributed by atoms with E-state index in [2.05, 4.69) is 0 Å². The van der Waals surface area contributed by atoms with Crippen LogP contribution in [0.25, 0.3) is 11.0 Å². The van der Waals surface area contributed by atoms with E-state index in [-0.39, 0.29) is 17.8 Å². The van der Waals surface area contributed by atoms with Gasteiger partial charge in [0.25, 0.3) is 0 Å². The highest BCUT2D eigenvalue weighted by atomic mass is 16.4. The topological polar surface area (TPSA) is 114 Å². The van der Waals surface area contributed by atoms with Gasteiger partial charge in [0.15, 0.2) is 0 Å². The second kappa shape index (κ2) is 5.11. The summed E-state index contributed by atoms with van der Waals surface area (Å²) in [5.74, 6) is -1.08. The lowest BCUT2D eigenvalue weighted by Gasteiger charge is -2.08. The van der Waals surface area contributed by atoms with Gasteiger partial charge in [0.1, 0.15) is 17.4 Å². The minimum atomic E-state index is -1.08. The minimum Gasteiger partial charge on any atom is -0.508 e. The molecule has 0 bridgehead atoms. The van der Waals surface area contributed by atoms with Gasteiger partial charge in [0.2, 0.25) is 0 Å². The first-order valence-electron chi connectivity index (χ1n) is 5.71. The first-order valence-corrected chi connectivity index (χ1v) is 5.71. The highest BCUT2D eigenvalue weighted by Crippen LogP contribution is 2.22.